The van der Waals surface area contributed by atoms with E-state index >= 15 is 0 Å². The summed E-state index contributed by atoms with van der Waals surface area (Å²) in [7, 11) is 0. The third kappa shape index (κ3) is 3.04. The number of amides is 1. The normalized spacial score (nSPS) is 10.9. The predicted molar refractivity (Wildman–Crippen MR) is 80.8 cm³/mol. The molecule has 2 aromatic rings. The zero-order chi connectivity index (χ0) is 14.9. The van der Waals surface area contributed by atoms with E-state index < -0.39 is 0 Å². The Morgan fingerprint density at radius 3 is 2.80 bits per heavy atom. The van der Waals surface area contributed by atoms with Crippen LogP contribution in [0.4, 0.5) is 10.1 Å². The Morgan fingerprint density at radius 2 is 2.15 bits per heavy atom. The summed E-state index contributed by atoms with van der Waals surface area (Å²) in [5.74, 6) is -0.510. The van der Waals surface area contributed by atoms with Crippen LogP contribution in [-0.2, 0) is 0 Å². The first kappa shape index (κ1) is 15.1. The maximum absolute atomic E-state index is 13.4. The molecule has 0 atom stereocenters. The molecule has 7 heteroatoms. The van der Waals surface area contributed by atoms with E-state index in [1.54, 1.807) is 13.0 Å². The molecule has 0 unspecified atom stereocenters. The molecule has 1 N–H and O–H groups in total. The van der Waals surface area contributed by atoms with Crippen molar-refractivity contribution < 1.29 is 9.18 Å². The summed E-state index contributed by atoms with van der Waals surface area (Å²) < 4.78 is 17.5. The molecule has 0 spiro atoms. The van der Waals surface area contributed by atoms with Gasteiger partial charge in [0.1, 0.15) is 10.7 Å². The molecule has 0 saturated carbocycles. The first-order valence-corrected chi connectivity index (χ1v) is 7.56. The fourth-order valence-electron chi connectivity index (χ4n) is 1.69. The highest BCUT2D eigenvalue weighted by molar-refractivity contribution is 9.10. The van der Waals surface area contributed by atoms with E-state index in [1.165, 1.54) is 6.07 Å². The van der Waals surface area contributed by atoms with E-state index in [2.05, 4.69) is 30.8 Å². The molecule has 20 heavy (non-hydrogen) atoms. The van der Waals surface area contributed by atoms with Crippen LogP contribution in [0, 0.1) is 12.7 Å². The lowest BCUT2D eigenvalue weighted by Crippen LogP contribution is -2.14. The standard InChI is InChI=1S/C13H13BrFN3OS/c1-6(2)11-12(20-18-17-11)13(19)16-10-5-8(14)9(15)4-7(10)3/h4-6H,1-3H3,(H,16,19). The van der Waals surface area contributed by atoms with E-state index in [1.807, 2.05) is 13.8 Å². The van der Waals surface area contributed by atoms with Gasteiger partial charge in [-0.15, -0.1) is 5.10 Å². The van der Waals surface area contributed by atoms with Gasteiger partial charge in [0.2, 0.25) is 0 Å². The molecule has 0 aliphatic rings. The Kier molecular flexibility index (Phi) is 4.49. The third-order valence-electron chi connectivity index (χ3n) is 2.78. The summed E-state index contributed by atoms with van der Waals surface area (Å²) >= 11 is 4.17. The van der Waals surface area contributed by atoms with Crippen molar-refractivity contribution in [1.29, 1.82) is 0 Å². The Hall–Kier alpha value is -1.34. The van der Waals surface area contributed by atoms with Gasteiger partial charge in [0.15, 0.2) is 0 Å². The fraction of sp³-hybridized carbons (Fsp3) is 0.308. The smallest absolute Gasteiger partial charge is 0.269 e. The Labute approximate surface area is 128 Å². The molecule has 1 heterocycles. The summed E-state index contributed by atoms with van der Waals surface area (Å²) in [4.78, 5) is 12.7. The molecular weight excluding hydrogens is 345 g/mol. The molecule has 2 rings (SSSR count). The van der Waals surface area contributed by atoms with Gasteiger partial charge in [-0.25, -0.2) is 4.39 Å². The van der Waals surface area contributed by atoms with Crippen LogP contribution in [0.5, 0.6) is 0 Å². The molecule has 1 aromatic heterocycles. The number of nitrogens with zero attached hydrogens (tertiary/aromatic N) is 2. The largest absolute Gasteiger partial charge is 0.321 e. The minimum absolute atomic E-state index is 0.121. The lowest BCUT2D eigenvalue weighted by Gasteiger charge is -2.09. The van der Waals surface area contributed by atoms with Gasteiger partial charge >= 0.3 is 0 Å². The highest BCUT2D eigenvalue weighted by Crippen LogP contribution is 2.26. The monoisotopic (exact) mass is 357 g/mol. The Balaban J connectivity index is 2.28. The van der Waals surface area contributed by atoms with Crippen molar-refractivity contribution in [3.63, 3.8) is 0 Å². The van der Waals surface area contributed by atoms with Crippen LogP contribution in [0.3, 0.4) is 0 Å². The molecule has 0 fully saturated rings. The van der Waals surface area contributed by atoms with Gasteiger partial charge < -0.3 is 5.32 Å². The molecule has 4 nitrogen and oxygen atoms in total. The zero-order valence-electron chi connectivity index (χ0n) is 11.2. The molecule has 106 valence electrons. The van der Waals surface area contributed by atoms with Crippen LogP contribution in [0.1, 0.15) is 40.7 Å². The van der Waals surface area contributed by atoms with E-state index in [4.69, 9.17) is 0 Å². The van der Waals surface area contributed by atoms with Gasteiger partial charge in [-0.1, -0.05) is 18.3 Å². The number of aromatic nitrogens is 2. The van der Waals surface area contributed by atoms with E-state index in [-0.39, 0.29) is 17.6 Å². The Morgan fingerprint density at radius 1 is 1.45 bits per heavy atom. The number of anilines is 1. The molecule has 1 aromatic carbocycles. The van der Waals surface area contributed by atoms with Gasteiger partial charge in [-0.3, -0.25) is 4.79 Å². The fourth-order valence-corrected chi connectivity index (χ4v) is 2.75. The van der Waals surface area contributed by atoms with Crippen LogP contribution in [0.15, 0.2) is 16.6 Å². The minimum atomic E-state index is -0.358. The average molecular weight is 358 g/mol. The minimum Gasteiger partial charge on any atom is -0.321 e. The van der Waals surface area contributed by atoms with Crippen molar-refractivity contribution in [3.8, 4) is 0 Å². The number of nitrogens with one attached hydrogen (secondary N) is 1. The van der Waals surface area contributed by atoms with Crippen LogP contribution in [0.25, 0.3) is 0 Å². The van der Waals surface area contributed by atoms with E-state index in [9.17, 15) is 9.18 Å². The van der Waals surface area contributed by atoms with E-state index in [0.717, 1.165) is 11.5 Å². The van der Waals surface area contributed by atoms with E-state index in [0.29, 0.717) is 26.3 Å². The van der Waals surface area contributed by atoms with Gasteiger partial charge in [0.25, 0.3) is 5.91 Å². The van der Waals surface area contributed by atoms with Crippen molar-refractivity contribution in [2.75, 3.05) is 5.32 Å². The summed E-state index contributed by atoms with van der Waals surface area (Å²) in [6.07, 6.45) is 0. The summed E-state index contributed by atoms with van der Waals surface area (Å²) in [5, 5.41) is 6.74. The first-order valence-electron chi connectivity index (χ1n) is 5.99. The highest BCUT2D eigenvalue weighted by atomic mass is 79.9. The lowest BCUT2D eigenvalue weighted by atomic mass is 10.1. The van der Waals surface area contributed by atoms with Crippen molar-refractivity contribution in [2.24, 2.45) is 0 Å². The number of hydrogen-bond donors (Lipinski definition) is 1. The van der Waals surface area contributed by atoms with Crippen LogP contribution in [-0.4, -0.2) is 15.5 Å². The molecule has 0 aliphatic heterocycles. The van der Waals surface area contributed by atoms with Gasteiger partial charge in [0, 0.05) is 5.69 Å². The molecule has 0 aliphatic carbocycles. The first-order chi connectivity index (χ1) is 9.40. The van der Waals surface area contributed by atoms with Gasteiger partial charge in [-0.2, -0.15) is 0 Å². The SMILES string of the molecule is Cc1cc(F)c(Br)cc1NC(=O)c1snnc1C(C)C. The number of carbonyl (C=O) groups is 1. The number of carbonyl (C=O) groups excluding carboxylic acids is 1. The molecular formula is C13H13BrFN3OS. The number of rotatable bonds is 3. The molecule has 0 saturated heterocycles. The highest BCUT2D eigenvalue weighted by Gasteiger charge is 2.19. The second-order valence-corrected chi connectivity index (χ2v) is 6.29. The van der Waals surface area contributed by atoms with Crippen molar-refractivity contribution >= 4 is 39.1 Å². The van der Waals surface area contributed by atoms with Gasteiger partial charge in [0.05, 0.1) is 10.2 Å². The molecule has 0 bridgehead atoms. The zero-order valence-corrected chi connectivity index (χ0v) is 13.6. The van der Waals surface area contributed by atoms with Crippen molar-refractivity contribution in [1.82, 2.24) is 9.59 Å². The number of aryl methyl sites for hydroxylation is 1. The number of halogens is 2. The quantitative estimate of drug-likeness (QED) is 0.898. The second-order valence-electron chi connectivity index (χ2n) is 4.68. The third-order valence-corrected chi connectivity index (χ3v) is 4.13. The van der Waals surface area contributed by atoms with Crippen LogP contribution >= 0.6 is 27.5 Å². The summed E-state index contributed by atoms with van der Waals surface area (Å²) in [6, 6.07) is 2.92. The summed E-state index contributed by atoms with van der Waals surface area (Å²) in [5.41, 5.74) is 1.89. The summed E-state index contributed by atoms with van der Waals surface area (Å²) in [6.45, 7) is 5.64. The maximum atomic E-state index is 13.4. The Bertz CT molecular complexity index is 657. The molecule has 0 radical (unpaired) electrons. The average Bonchev–Trinajstić information content (AvgIpc) is 2.85. The molecule has 1 amide bonds. The lowest BCUT2D eigenvalue weighted by molar-refractivity contribution is 0.102. The predicted octanol–water partition coefficient (Wildman–Crippen LogP) is 4.12. The number of benzene rings is 1. The maximum Gasteiger partial charge on any atom is 0.269 e. The number of hydrogen-bond acceptors (Lipinski definition) is 4. The van der Waals surface area contributed by atoms with Gasteiger partial charge in [-0.05, 0) is 58.0 Å². The topological polar surface area (TPSA) is 54.9 Å². The van der Waals surface area contributed by atoms with Crippen molar-refractivity contribution in [2.45, 2.75) is 26.7 Å². The van der Waals surface area contributed by atoms with Crippen LogP contribution < -0.4 is 5.32 Å². The second kappa shape index (κ2) is 5.97. The van der Waals surface area contributed by atoms with Crippen LogP contribution in [0.2, 0.25) is 0 Å². The van der Waals surface area contributed by atoms with Crippen molar-refractivity contribution in [3.05, 3.63) is 38.6 Å².